The first-order chi connectivity index (χ1) is 11.0. The standard InChI is InChI=1S/C19H22N2O2/c1-19(23,18(22)20-17-9-3-2-4-10-17)14-21-12-11-15-7-5-6-8-16(15)13-21/h2-10,23H,11-14H2,1H3,(H,20,22)/t19-/m0/s1. The second-order valence-corrected chi connectivity index (χ2v) is 6.32. The Kier molecular flexibility index (Phi) is 4.46. The van der Waals surface area contributed by atoms with Crippen LogP contribution in [0.25, 0.3) is 0 Å². The molecule has 1 aliphatic rings. The maximum atomic E-state index is 12.4. The number of anilines is 1. The van der Waals surface area contributed by atoms with Gasteiger partial charge in [0.25, 0.3) is 5.91 Å². The van der Waals surface area contributed by atoms with Gasteiger partial charge in [0, 0.05) is 25.3 Å². The summed E-state index contributed by atoms with van der Waals surface area (Å²) in [7, 11) is 0. The molecule has 0 saturated heterocycles. The van der Waals surface area contributed by atoms with Gasteiger partial charge in [0.05, 0.1) is 0 Å². The highest BCUT2D eigenvalue weighted by Gasteiger charge is 2.33. The smallest absolute Gasteiger partial charge is 0.257 e. The molecule has 2 aromatic rings. The molecule has 3 rings (SSSR count). The fourth-order valence-electron chi connectivity index (χ4n) is 2.98. The van der Waals surface area contributed by atoms with Gasteiger partial charge in [0.2, 0.25) is 0 Å². The Labute approximate surface area is 136 Å². The lowest BCUT2D eigenvalue weighted by molar-refractivity contribution is -0.134. The Morgan fingerprint density at radius 1 is 1.13 bits per heavy atom. The van der Waals surface area contributed by atoms with E-state index in [1.54, 1.807) is 6.92 Å². The van der Waals surface area contributed by atoms with Gasteiger partial charge in [-0.25, -0.2) is 0 Å². The van der Waals surface area contributed by atoms with Gasteiger partial charge in [-0.1, -0.05) is 42.5 Å². The maximum absolute atomic E-state index is 12.4. The molecule has 1 atom stereocenters. The summed E-state index contributed by atoms with van der Waals surface area (Å²) in [5, 5.41) is 13.4. The van der Waals surface area contributed by atoms with Crippen molar-refractivity contribution in [3.05, 3.63) is 65.7 Å². The Hall–Kier alpha value is -2.17. The summed E-state index contributed by atoms with van der Waals surface area (Å²) in [6.07, 6.45) is 0.951. The lowest BCUT2D eigenvalue weighted by atomic mass is 9.97. The van der Waals surface area contributed by atoms with E-state index in [1.807, 2.05) is 36.4 Å². The molecule has 1 heterocycles. The molecule has 0 radical (unpaired) electrons. The van der Waals surface area contributed by atoms with E-state index in [9.17, 15) is 9.90 Å². The first-order valence-corrected chi connectivity index (χ1v) is 7.93. The highest BCUT2D eigenvalue weighted by Crippen LogP contribution is 2.21. The van der Waals surface area contributed by atoms with Gasteiger partial charge >= 0.3 is 0 Å². The number of fused-ring (bicyclic) bond motifs is 1. The number of para-hydroxylation sites is 1. The Bertz CT molecular complexity index is 683. The van der Waals surface area contributed by atoms with Crippen molar-refractivity contribution in [3.63, 3.8) is 0 Å². The number of benzene rings is 2. The lowest BCUT2D eigenvalue weighted by Crippen LogP contribution is -2.50. The van der Waals surface area contributed by atoms with Crippen LogP contribution in [0, 0.1) is 0 Å². The minimum atomic E-state index is -1.43. The van der Waals surface area contributed by atoms with Crippen LogP contribution in [0.5, 0.6) is 0 Å². The number of carbonyl (C=O) groups excluding carboxylic acids is 1. The highest BCUT2D eigenvalue weighted by atomic mass is 16.3. The zero-order chi connectivity index (χ0) is 16.3. The highest BCUT2D eigenvalue weighted by molar-refractivity contribution is 5.97. The molecular weight excluding hydrogens is 288 g/mol. The summed E-state index contributed by atoms with van der Waals surface area (Å²) in [6, 6.07) is 17.6. The zero-order valence-corrected chi connectivity index (χ0v) is 13.3. The zero-order valence-electron chi connectivity index (χ0n) is 13.3. The molecule has 2 N–H and O–H groups in total. The number of amides is 1. The minimum Gasteiger partial charge on any atom is -0.379 e. The number of nitrogens with one attached hydrogen (secondary N) is 1. The number of hydrogen-bond acceptors (Lipinski definition) is 3. The van der Waals surface area contributed by atoms with Crippen molar-refractivity contribution in [1.82, 2.24) is 4.90 Å². The van der Waals surface area contributed by atoms with E-state index >= 15 is 0 Å². The summed E-state index contributed by atoms with van der Waals surface area (Å²) >= 11 is 0. The van der Waals surface area contributed by atoms with Crippen LogP contribution >= 0.6 is 0 Å². The largest absolute Gasteiger partial charge is 0.379 e. The van der Waals surface area contributed by atoms with Crippen molar-refractivity contribution < 1.29 is 9.90 Å². The van der Waals surface area contributed by atoms with Gasteiger partial charge in [0.1, 0.15) is 0 Å². The number of nitrogens with zero attached hydrogens (tertiary/aromatic N) is 1. The topological polar surface area (TPSA) is 52.6 Å². The van der Waals surface area contributed by atoms with Crippen LogP contribution in [-0.4, -0.2) is 34.6 Å². The summed E-state index contributed by atoms with van der Waals surface area (Å²) in [5.74, 6) is -0.373. The van der Waals surface area contributed by atoms with Crippen molar-refractivity contribution in [2.24, 2.45) is 0 Å². The average molecular weight is 310 g/mol. The predicted octanol–water partition coefficient (Wildman–Crippen LogP) is 2.43. The SMILES string of the molecule is C[C@](O)(CN1CCc2ccccc2C1)C(=O)Nc1ccccc1. The first kappa shape index (κ1) is 15.7. The predicted molar refractivity (Wildman–Crippen MR) is 91.1 cm³/mol. The van der Waals surface area contributed by atoms with Crippen LogP contribution in [0.1, 0.15) is 18.1 Å². The van der Waals surface area contributed by atoms with Crippen molar-refractivity contribution in [2.75, 3.05) is 18.4 Å². The molecule has 23 heavy (non-hydrogen) atoms. The fourth-order valence-corrected chi connectivity index (χ4v) is 2.98. The van der Waals surface area contributed by atoms with Crippen molar-refractivity contribution in [1.29, 1.82) is 0 Å². The van der Waals surface area contributed by atoms with E-state index < -0.39 is 5.60 Å². The molecule has 0 aliphatic carbocycles. The van der Waals surface area contributed by atoms with E-state index in [2.05, 4.69) is 28.4 Å². The molecule has 1 aliphatic heterocycles. The molecule has 1 amide bonds. The maximum Gasteiger partial charge on any atom is 0.257 e. The van der Waals surface area contributed by atoms with Crippen molar-refractivity contribution in [3.8, 4) is 0 Å². The Morgan fingerprint density at radius 3 is 2.52 bits per heavy atom. The second-order valence-electron chi connectivity index (χ2n) is 6.32. The van der Waals surface area contributed by atoms with Gasteiger partial charge in [-0.15, -0.1) is 0 Å². The Balaban J connectivity index is 1.63. The summed E-state index contributed by atoms with van der Waals surface area (Å²) in [6.45, 7) is 3.52. The molecule has 0 aromatic heterocycles. The molecule has 2 aromatic carbocycles. The quantitative estimate of drug-likeness (QED) is 0.912. The lowest BCUT2D eigenvalue weighted by Gasteiger charge is -2.34. The fraction of sp³-hybridized carbons (Fsp3) is 0.316. The molecule has 120 valence electrons. The summed E-state index contributed by atoms with van der Waals surface area (Å²) in [5.41, 5.74) is 1.90. The van der Waals surface area contributed by atoms with Crippen LogP contribution < -0.4 is 5.32 Å². The first-order valence-electron chi connectivity index (χ1n) is 7.93. The summed E-state index contributed by atoms with van der Waals surface area (Å²) < 4.78 is 0. The van der Waals surface area contributed by atoms with E-state index in [0.717, 1.165) is 19.5 Å². The van der Waals surface area contributed by atoms with Gasteiger partial charge in [-0.2, -0.15) is 0 Å². The van der Waals surface area contributed by atoms with Crippen molar-refractivity contribution >= 4 is 11.6 Å². The molecule has 0 fully saturated rings. The molecule has 0 bridgehead atoms. The van der Waals surface area contributed by atoms with Crippen LogP contribution in [-0.2, 0) is 17.8 Å². The third-order valence-electron chi connectivity index (χ3n) is 4.26. The van der Waals surface area contributed by atoms with Gasteiger partial charge in [-0.05, 0) is 36.6 Å². The minimum absolute atomic E-state index is 0.319. The van der Waals surface area contributed by atoms with E-state index in [0.29, 0.717) is 12.2 Å². The van der Waals surface area contributed by atoms with Crippen LogP contribution in [0.15, 0.2) is 54.6 Å². The molecule has 0 unspecified atom stereocenters. The van der Waals surface area contributed by atoms with Crippen molar-refractivity contribution in [2.45, 2.75) is 25.5 Å². The summed E-state index contributed by atoms with van der Waals surface area (Å²) in [4.78, 5) is 14.5. The van der Waals surface area contributed by atoms with E-state index in [1.165, 1.54) is 11.1 Å². The number of aliphatic hydroxyl groups is 1. The van der Waals surface area contributed by atoms with E-state index in [-0.39, 0.29) is 5.91 Å². The monoisotopic (exact) mass is 310 g/mol. The number of hydrogen-bond donors (Lipinski definition) is 2. The Morgan fingerprint density at radius 2 is 1.78 bits per heavy atom. The third kappa shape index (κ3) is 3.78. The average Bonchev–Trinajstić information content (AvgIpc) is 2.55. The van der Waals surface area contributed by atoms with Crippen LogP contribution in [0.4, 0.5) is 5.69 Å². The van der Waals surface area contributed by atoms with Crippen LogP contribution in [0.2, 0.25) is 0 Å². The van der Waals surface area contributed by atoms with Gasteiger partial charge in [0.15, 0.2) is 5.60 Å². The van der Waals surface area contributed by atoms with Gasteiger partial charge in [-0.3, -0.25) is 9.69 Å². The van der Waals surface area contributed by atoms with E-state index in [4.69, 9.17) is 0 Å². The molecule has 4 heteroatoms. The second kappa shape index (κ2) is 6.52. The molecular formula is C19H22N2O2. The number of carbonyl (C=O) groups is 1. The van der Waals surface area contributed by atoms with Gasteiger partial charge < -0.3 is 10.4 Å². The molecule has 0 saturated carbocycles. The molecule has 4 nitrogen and oxygen atoms in total. The third-order valence-corrected chi connectivity index (χ3v) is 4.26. The number of rotatable bonds is 4. The van der Waals surface area contributed by atoms with Crippen LogP contribution in [0.3, 0.4) is 0 Å². The normalized spacial score (nSPS) is 17.1. The molecule has 0 spiro atoms. The number of β-amino-alcohol motifs (C(OH)–C–C–N with tert-alkyl or cyclic N) is 1.